The molecule has 0 aromatic heterocycles. The van der Waals surface area contributed by atoms with Crippen molar-refractivity contribution in [3.8, 4) is 0 Å². The van der Waals surface area contributed by atoms with Crippen LogP contribution in [-0.2, 0) is 0 Å². The molecule has 0 aromatic rings. The molecule has 0 aliphatic rings. The van der Waals surface area contributed by atoms with Crippen molar-refractivity contribution in [1.82, 2.24) is 0 Å². The molecule has 0 fully saturated rings. The number of hydrogen-bond donors (Lipinski definition) is 1. The molecular formula is C6H10Cl2F2S2. The van der Waals surface area contributed by atoms with Gasteiger partial charge in [-0.05, 0) is 0 Å². The summed E-state index contributed by atoms with van der Waals surface area (Å²) < 4.78 is 24.8. The van der Waals surface area contributed by atoms with Crippen molar-refractivity contribution < 1.29 is 8.78 Å². The van der Waals surface area contributed by atoms with Gasteiger partial charge in [-0.1, -0.05) is 0 Å². The highest BCUT2D eigenvalue weighted by molar-refractivity contribution is 8.01. The molecule has 6 heteroatoms. The summed E-state index contributed by atoms with van der Waals surface area (Å²) in [5, 5.41) is -1.06. The Morgan fingerprint density at radius 2 is 1.83 bits per heavy atom. The minimum atomic E-state index is -1.35. The molecule has 0 bridgehead atoms. The highest BCUT2D eigenvalue weighted by Gasteiger charge is 2.21. The summed E-state index contributed by atoms with van der Waals surface area (Å²) in [5.41, 5.74) is -1.35. The molecule has 2 unspecified atom stereocenters. The average molecular weight is 255 g/mol. The van der Waals surface area contributed by atoms with E-state index < -0.39 is 17.4 Å². The van der Waals surface area contributed by atoms with Crippen molar-refractivity contribution >= 4 is 47.6 Å². The quantitative estimate of drug-likeness (QED) is 0.562. The van der Waals surface area contributed by atoms with Crippen molar-refractivity contribution in [2.45, 2.75) is 16.0 Å². The standard InChI is InChI=1S/C6H10Cl2F2S2/c7-1-4(2-8)12-6(10)5(11)3-9/h4-6,11H,1-3H2. The summed E-state index contributed by atoms with van der Waals surface area (Å²) in [6, 6.07) is 0. The van der Waals surface area contributed by atoms with Crippen LogP contribution in [0.1, 0.15) is 0 Å². The van der Waals surface area contributed by atoms with Crippen molar-refractivity contribution in [3.63, 3.8) is 0 Å². The van der Waals surface area contributed by atoms with Crippen molar-refractivity contribution in [2.24, 2.45) is 0 Å². The van der Waals surface area contributed by atoms with Gasteiger partial charge < -0.3 is 0 Å². The van der Waals surface area contributed by atoms with E-state index in [1.807, 2.05) is 0 Å². The van der Waals surface area contributed by atoms with Crippen LogP contribution in [0.3, 0.4) is 0 Å². The molecule has 0 aromatic carbocycles. The molecule has 0 nitrogen and oxygen atoms in total. The first-order valence-corrected chi connectivity index (χ1v) is 5.84. The lowest BCUT2D eigenvalue weighted by Gasteiger charge is -2.16. The zero-order valence-corrected chi connectivity index (χ0v) is 9.44. The lowest BCUT2D eigenvalue weighted by atomic mass is 10.5. The topological polar surface area (TPSA) is 0 Å². The third-order valence-electron chi connectivity index (χ3n) is 1.13. The minimum Gasteiger partial charge on any atom is -0.250 e. The second-order valence-electron chi connectivity index (χ2n) is 2.14. The number of thiol groups is 1. The van der Waals surface area contributed by atoms with Gasteiger partial charge in [0.15, 0.2) is 5.50 Å². The van der Waals surface area contributed by atoms with Gasteiger partial charge in [0, 0.05) is 17.0 Å². The fraction of sp³-hybridized carbons (Fsp3) is 1.00. The summed E-state index contributed by atoms with van der Waals surface area (Å²) in [4.78, 5) is 0. The zero-order chi connectivity index (χ0) is 9.56. The monoisotopic (exact) mass is 254 g/mol. The van der Waals surface area contributed by atoms with Crippen LogP contribution in [0.25, 0.3) is 0 Å². The van der Waals surface area contributed by atoms with Crippen LogP contribution in [0.15, 0.2) is 0 Å². The smallest absolute Gasteiger partial charge is 0.160 e. The van der Waals surface area contributed by atoms with Crippen molar-refractivity contribution in [1.29, 1.82) is 0 Å². The molecule has 0 heterocycles. The highest BCUT2D eigenvalue weighted by atomic mass is 35.5. The van der Waals surface area contributed by atoms with E-state index in [1.54, 1.807) is 0 Å². The lowest BCUT2D eigenvalue weighted by molar-refractivity contribution is 0.381. The summed E-state index contributed by atoms with van der Waals surface area (Å²) >= 11 is 15.6. The predicted octanol–water partition coefficient (Wildman–Crippen LogP) is 3.13. The normalized spacial score (nSPS) is 16.5. The Morgan fingerprint density at radius 3 is 2.17 bits per heavy atom. The molecule has 12 heavy (non-hydrogen) atoms. The van der Waals surface area contributed by atoms with Gasteiger partial charge in [0.05, 0.1) is 5.25 Å². The maximum Gasteiger partial charge on any atom is 0.160 e. The Hall–Kier alpha value is 1.14. The van der Waals surface area contributed by atoms with Crippen LogP contribution >= 0.6 is 47.6 Å². The van der Waals surface area contributed by atoms with Gasteiger partial charge in [-0.3, -0.25) is 0 Å². The second kappa shape index (κ2) is 7.54. The van der Waals surface area contributed by atoms with Crippen LogP contribution in [0, 0.1) is 0 Å². The highest BCUT2D eigenvalue weighted by Crippen LogP contribution is 2.26. The molecule has 0 amide bonds. The van der Waals surface area contributed by atoms with E-state index in [4.69, 9.17) is 23.2 Å². The van der Waals surface area contributed by atoms with E-state index >= 15 is 0 Å². The Balaban J connectivity index is 3.72. The maximum atomic E-state index is 13.0. The number of rotatable bonds is 6. The van der Waals surface area contributed by atoms with E-state index in [9.17, 15) is 8.78 Å². The van der Waals surface area contributed by atoms with E-state index in [2.05, 4.69) is 12.6 Å². The van der Waals surface area contributed by atoms with E-state index in [-0.39, 0.29) is 17.0 Å². The lowest BCUT2D eigenvalue weighted by Crippen LogP contribution is -2.20. The molecule has 0 saturated heterocycles. The van der Waals surface area contributed by atoms with Gasteiger partial charge in [0.1, 0.15) is 6.67 Å². The number of hydrogen-bond acceptors (Lipinski definition) is 2. The third-order valence-corrected chi connectivity index (χ3v) is 4.15. The molecule has 74 valence electrons. The number of thioether (sulfide) groups is 1. The Labute approximate surface area is 90.8 Å². The van der Waals surface area contributed by atoms with Gasteiger partial charge >= 0.3 is 0 Å². The van der Waals surface area contributed by atoms with E-state index in [0.717, 1.165) is 11.8 Å². The molecule has 0 aliphatic heterocycles. The molecular weight excluding hydrogens is 245 g/mol. The number of halogens is 4. The van der Waals surface area contributed by atoms with Gasteiger partial charge in [0.25, 0.3) is 0 Å². The SMILES string of the molecule is FCC(S)C(F)SC(CCl)CCl. The van der Waals surface area contributed by atoms with Crippen LogP contribution in [0.5, 0.6) is 0 Å². The Bertz CT molecular complexity index is 114. The van der Waals surface area contributed by atoms with Gasteiger partial charge in [-0.25, -0.2) is 8.78 Å². The summed E-state index contributed by atoms with van der Waals surface area (Å²) in [6.07, 6.45) is 0. The first kappa shape index (κ1) is 13.1. The van der Waals surface area contributed by atoms with Gasteiger partial charge in [-0.15, -0.1) is 35.0 Å². The van der Waals surface area contributed by atoms with E-state index in [1.165, 1.54) is 0 Å². The average Bonchev–Trinajstić information content (AvgIpc) is 2.12. The van der Waals surface area contributed by atoms with Crippen LogP contribution in [-0.4, -0.2) is 34.4 Å². The minimum absolute atomic E-state index is 0.176. The van der Waals surface area contributed by atoms with Crippen LogP contribution in [0.2, 0.25) is 0 Å². The molecule has 0 saturated carbocycles. The molecule has 0 aliphatic carbocycles. The summed E-state index contributed by atoms with van der Waals surface area (Å²) in [6.45, 7) is -0.783. The fourth-order valence-electron chi connectivity index (χ4n) is 0.459. The first-order chi connectivity index (χ1) is 5.65. The third kappa shape index (κ3) is 5.00. The summed E-state index contributed by atoms with van der Waals surface area (Å²) in [7, 11) is 0. The predicted molar refractivity (Wildman–Crippen MR) is 56.5 cm³/mol. The first-order valence-electron chi connectivity index (χ1n) is 3.31. The second-order valence-corrected chi connectivity index (χ2v) is 4.81. The zero-order valence-electron chi connectivity index (χ0n) is 6.22. The molecule has 0 N–H and O–H groups in total. The van der Waals surface area contributed by atoms with Crippen LogP contribution < -0.4 is 0 Å². The van der Waals surface area contributed by atoms with Crippen molar-refractivity contribution in [3.05, 3.63) is 0 Å². The van der Waals surface area contributed by atoms with Gasteiger partial charge in [0.2, 0.25) is 0 Å². The number of alkyl halides is 4. The van der Waals surface area contributed by atoms with Gasteiger partial charge in [-0.2, -0.15) is 12.6 Å². The van der Waals surface area contributed by atoms with Crippen LogP contribution in [0.4, 0.5) is 8.78 Å². The fourth-order valence-corrected chi connectivity index (χ4v) is 2.20. The summed E-state index contributed by atoms with van der Waals surface area (Å²) in [5.74, 6) is 0.530. The maximum absolute atomic E-state index is 13.0. The van der Waals surface area contributed by atoms with E-state index in [0.29, 0.717) is 0 Å². The Morgan fingerprint density at radius 1 is 1.33 bits per heavy atom. The Kier molecular flexibility index (Phi) is 8.25. The molecule has 0 spiro atoms. The largest absolute Gasteiger partial charge is 0.250 e. The molecule has 0 rings (SSSR count). The molecule has 0 radical (unpaired) electrons. The van der Waals surface area contributed by atoms with Crippen molar-refractivity contribution in [2.75, 3.05) is 18.4 Å². The molecule has 2 atom stereocenters.